The molecule has 2 nitrogen and oxygen atoms in total. The Bertz CT molecular complexity index is 315. The van der Waals surface area contributed by atoms with Crippen LogP contribution in [0.2, 0.25) is 0 Å². The highest BCUT2D eigenvalue weighted by atomic mass is 32.1. The molecule has 0 aliphatic carbocycles. The molecule has 0 bridgehead atoms. The van der Waals surface area contributed by atoms with E-state index >= 15 is 0 Å². The number of rotatable bonds is 6. The quantitative estimate of drug-likeness (QED) is 0.837. The highest BCUT2D eigenvalue weighted by molar-refractivity contribution is 7.09. The minimum atomic E-state index is 0.492. The van der Waals surface area contributed by atoms with Gasteiger partial charge in [0.25, 0.3) is 0 Å². The van der Waals surface area contributed by atoms with E-state index in [4.69, 9.17) is 0 Å². The fourth-order valence-corrected chi connectivity index (χ4v) is 3.31. The summed E-state index contributed by atoms with van der Waals surface area (Å²) in [5.41, 5.74) is 0.492. The molecule has 1 atom stereocenters. The van der Waals surface area contributed by atoms with Crippen molar-refractivity contribution in [2.75, 3.05) is 32.7 Å². The molecule has 3 heteroatoms. The van der Waals surface area contributed by atoms with E-state index in [9.17, 15) is 0 Å². The lowest BCUT2D eigenvalue weighted by Crippen LogP contribution is -2.38. The molecule has 1 aliphatic heterocycles. The number of hydrogen-bond donors (Lipinski definition) is 1. The Labute approximate surface area is 109 Å². The van der Waals surface area contributed by atoms with E-state index in [0.29, 0.717) is 5.41 Å². The Morgan fingerprint density at radius 2 is 2.41 bits per heavy atom. The van der Waals surface area contributed by atoms with Gasteiger partial charge in [-0.1, -0.05) is 19.9 Å². The monoisotopic (exact) mass is 252 g/mol. The van der Waals surface area contributed by atoms with Crippen LogP contribution in [0.15, 0.2) is 17.5 Å². The van der Waals surface area contributed by atoms with Crippen molar-refractivity contribution in [3.63, 3.8) is 0 Å². The number of hydrogen-bond acceptors (Lipinski definition) is 3. The van der Waals surface area contributed by atoms with Crippen LogP contribution in [0.3, 0.4) is 0 Å². The lowest BCUT2D eigenvalue weighted by molar-refractivity contribution is 0.186. The molecule has 2 rings (SSSR count). The molecular formula is C14H24N2S. The molecule has 0 aromatic carbocycles. The predicted octanol–water partition coefficient (Wildman–Crippen LogP) is 2.61. The van der Waals surface area contributed by atoms with Crippen LogP contribution in [0.5, 0.6) is 0 Å². The molecular weight excluding hydrogens is 228 g/mol. The maximum Gasteiger partial charge on any atom is 0.00579 e. The SMILES string of the molecule is CCN(CCc1cccs1)CC1(C)CCNC1. The zero-order chi connectivity index (χ0) is 12.1. The van der Waals surface area contributed by atoms with Crippen LogP contribution >= 0.6 is 11.3 Å². The van der Waals surface area contributed by atoms with Gasteiger partial charge in [-0.05, 0) is 42.8 Å². The topological polar surface area (TPSA) is 15.3 Å². The zero-order valence-corrected chi connectivity index (χ0v) is 11.9. The van der Waals surface area contributed by atoms with E-state index in [2.05, 4.69) is 41.6 Å². The van der Waals surface area contributed by atoms with Gasteiger partial charge in [0.1, 0.15) is 0 Å². The summed E-state index contributed by atoms with van der Waals surface area (Å²) in [7, 11) is 0. The molecule has 1 aromatic heterocycles. The average Bonchev–Trinajstić information content (AvgIpc) is 2.96. The van der Waals surface area contributed by atoms with E-state index in [1.807, 2.05) is 11.3 Å². The third kappa shape index (κ3) is 3.80. The maximum atomic E-state index is 3.49. The van der Waals surface area contributed by atoms with E-state index in [-0.39, 0.29) is 0 Å². The van der Waals surface area contributed by atoms with Gasteiger partial charge in [0.05, 0.1) is 0 Å². The molecule has 0 spiro atoms. The number of thiophene rings is 1. The highest BCUT2D eigenvalue weighted by Gasteiger charge is 2.29. The van der Waals surface area contributed by atoms with Gasteiger partial charge in [-0.2, -0.15) is 0 Å². The van der Waals surface area contributed by atoms with Gasteiger partial charge in [0, 0.05) is 24.5 Å². The second kappa shape index (κ2) is 5.98. The first-order chi connectivity index (χ1) is 8.22. The molecule has 0 radical (unpaired) electrons. The van der Waals surface area contributed by atoms with Crippen molar-refractivity contribution in [1.29, 1.82) is 0 Å². The minimum Gasteiger partial charge on any atom is -0.316 e. The summed E-state index contributed by atoms with van der Waals surface area (Å²) in [4.78, 5) is 4.12. The van der Waals surface area contributed by atoms with Crippen molar-refractivity contribution in [2.45, 2.75) is 26.7 Å². The second-order valence-corrected chi connectivity index (χ2v) is 6.47. The Hall–Kier alpha value is -0.380. The average molecular weight is 252 g/mol. The summed E-state index contributed by atoms with van der Waals surface area (Å²) >= 11 is 1.88. The van der Waals surface area contributed by atoms with Crippen LogP contribution in [-0.2, 0) is 6.42 Å². The summed E-state index contributed by atoms with van der Waals surface area (Å²) in [5, 5.41) is 5.66. The van der Waals surface area contributed by atoms with Crippen molar-refractivity contribution >= 4 is 11.3 Å². The molecule has 1 aliphatic rings. The fourth-order valence-electron chi connectivity index (χ4n) is 2.62. The Kier molecular flexibility index (Phi) is 4.60. The lowest BCUT2D eigenvalue weighted by Gasteiger charge is -2.31. The van der Waals surface area contributed by atoms with Gasteiger partial charge in [0.2, 0.25) is 0 Å². The second-order valence-electron chi connectivity index (χ2n) is 5.44. The first kappa shape index (κ1) is 13.1. The molecule has 96 valence electrons. The molecule has 2 heterocycles. The smallest absolute Gasteiger partial charge is 0.00579 e. The summed E-state index contributed by atoms with van der Waals surface area (Å²) < 4.78 is 0. The zero-order valence-electron chi connectivity index (χ0n) is 11.0. The van der Waals surface area contributed by atoms with Crippen molar-refractivity contribution in [1.82, 2.24) is 10.2 Å². The number of nitrogens with one attached hydrogen (secondary N) is 1. The van der Waals surface area contributed by atoms with Crippen molar-refractivity contribution in [2.24, 2.45) is 5.41 Å². The van der Waals surface area contributed by atoms with Gasteiger partial charge in [0.15, 0.2) is 0 Å². The Balaban J connectivity index is 1.80. The van der Waals surface area contributed by atoms with Crippen LogP contribution in [0, 0.1) is 5.41 Å². The van der Waals surface area contributed by atoms with E-state index in [1.165, 1.54) is 50.4 Å². The van der Waals surface area contributed by atoms with Crippen LogP contribution < -0.4 is 5.32 Å². The lowest BCUT2D eigenvalue weighted by atomic mass is 9.89. The summed E-state index contributed by atoms with van der Waals surface area (Å²) in [6.07, 6.45) is 2.53. The third-order valence-electron chi connectivity index (χ3n) is 3.76. The number of likely N-dealkylation sites (N-methyl/N-ethyl adjacent to an activating group) is 1. The van der Waals surface area contributed by atoms with Crippen molar-refractivity contribution in [3.05, 3.63) is 22.4 Å². The van der Waals surface area contributed by atoms with Crippen molar-refractivity contribution < 1.29 is 0 Å². The van der Waals surface area contributed by atoms with Crippen LogP contribution in [0.1, 0.15) is 25.1 Å². The minimum absolute atomic E-state index is 0.492. The van der Waals surface area contributed by atoms with E-state index in [0.717, 1.165) is 0 Å². The summed E-state index contributed by atoms with van der Waals surface area (Å²) in [6.45, 7) is 10.7. The maximum absolute atomic E-state index is 3.49. The molecule has 1 unspecified atom stereocenters. The molecule has 0 saturated carbocycles. The summed E-state index contributed by atoms with van der Waals surface area (Å²) in [5.74, 6) is 0. The van der Waals surface area contributed by atoms with Gasteiger partial charge in [-0.25, -0.2) is 0 Å². The van der Waals surface area contributed by atoms with E-state index < -0.39 is 0 Å². The van der Waals surface area contributed by atoms with Gasteiger partial charge in [-0.3, -0.25) is 0 Å². The Morgan fingerprint density at radius 1 is 1.53 bits per heavy atom. The number of nitrogens with zero attached hydrogens (tertiary/aromatic N) is 1. The molecule has 1 fully saturated rings. The van der Waals surface area contributed by atoms with Gasteiger partial charge < -0.3 is 10.2 Å². The summed E-state index contributed by atoms with van der Waals surface area (Å²) in [6, 6.07) is 4.40. The molecule has 1 saturated heterocycles. The molecule has 17 heavy (non-hydrogen) atoms. The first-order valence-electron chi connectivity index (χ1n) is 6.67. The van der Waals surface area contributed by atoms with E-state index in [1.54, 1.807) is 0 Å². The standard InChI is InChI=1S/C14H24N2S/c1-3-16(9-6-13-5-4-10-17-13)12-14(2)7-8-15-11-14/h4-5,10,15H,3,6-9,11-12H2,1-2H3. The van der Waals surface area contributed by atoms with Gasteiger partial charge in [-0.15, -0.1) is 11.3 Å². The first-order valence-corrected chi connectivity index (χ1v) is 7.55. The van der Waals surface area contributed by atoms with Crippen LogP contribution in [0.25, 0.3) is 0 Å². The van der Waals surface area contributed by atoms with Crippen molar-refractivity contribution in [3.8, 4) is 0 Å². The van der Waals surface area contributed by atoms with Crippen LogP contribution in [0.4, 0.5) is 0 Å². The van der Waals surface area contributed by atoms with Crippen LogP contribution in [-0.4, -0.2) is 37.6 Å². The van der Waals surface area contributed by atoms with Gasteiger partial charge >= 0.3 is 0 Å². The fraction of sp³-hybridized carbons (Fsp3) is 0.714. The third-order valence-corrected chi connectivity index (χ3v) is 4.70. The molecule has 0 amide bonds. The molecule has 1 aromatic rings. The molecule has 1 N–H and O–H groups in total. The normalized spacial score (nSPS) is 24.6. The predicted molar refractivity (Wildman–Crippen MR) is 75.7 cm³/mol. The largest absolute Gasteiger partial charge is 0.316 e. The Morgan fingerprint density at radius 3 is 3.00 bits per heavy atom. The highest BCUT2D eigenvalue weighted by Crippen LogP contribution is 2.25.